The number of para-hydroxylation sites is 1. The summed E-state index contributed by atoms with van der Waals surface area (Å²) in [5, 5.41) is -0.0938. The molecule has 3 heterocycles. The number of nitrogens with one attached hydrogen (secondary N) is 1. The number of amides is 2. The molecule has 3 unspecified atom stereocenters. The Morgan fingerprint density at radius 1 is 0.973 bits per heavy atom. The summed E-state index contributed by atoms with van der Waals surface area (Å²) in [5.74, 6) is -1.65. The predicted octanol–water partition coefficient (Wildman–Crippen LogP) is 3.57. The first kappa shape index (κ1) is 25.1. The molecule has 5 rings (SSSR count). The molecule has 3 aromatic rings. The number of fused-ring (bicyclic) bond motifs is 2. The summed E-state index contributed by atoms with van der Waals surface area (Å²) in [4.78, 5) is 55.9. The van der Waals surface area contributed by atoms with Crippen molar-refractivity contribution in [1.29, 1.82) is 0 Å². The molecule has 3 atom stereocenters. The van der Waals surface area contributed by atoms with E-state index in [0.29, 0.717) is 39.3 Å². The molecule has 37 heavy (non-hydrogen) atoms. The maximum atomic E-state index is 13.8. The van der Waals surface area contributed by atoms with Crippen molar-refractivity contribution in [3.05, 3.63) is 68.6 Å². The fourth-order valence-electron chi connectivity index (χ4n) is 4.65. The topological polar surface area (TPSA) is 115 Å². The highest BCUT2D eigenvalue weighted by atomic mass is 32.2. The van der Waals surface area contributed by atoms with Crippen LogP contribution in [0.3, 0.4) is 0 Å². The fraction of sp³-hybridized carbons (Fsp3) is 0.308. The van der Waals surface area contributed by atoms with Gasteiger partial charge in [-0.15, -0.1) is 0 Å². The maximum absolute atomic E-state index is 13.8. The average Bonchev–Trinajstić information content (AvgIpc) is 3.38. The van der Waals surface area contributed by atoms with Gasteiger partial charge >= 0.3 is 10.8 Å². The van der Waals surface area contributed by atoms with Crippen LogP contribution in [0.2, 0.25) is 0 Å². The molecule has 0 aliphatic carbocycles. The van der Waals surface area contributed by atoms with Crippen molar-refractivity contribution in [2.45, 2.75) is 30.0 Å². The predicted molar refractivity (Wildman–Crippen MR) is 139 cm³/mol. The normalized spacial score (nSPS) is 20.4. The first-order chi connectivity index (χ1) is 17.9. The van der Waals surface area contributed by atoms with Gasteiger partial charge in [0, 0.05) is 10.8 Å². The molecular weight excluding hydrogens is 516 g/mol. The molecule has 2 aliphatic rings. The molecule has 2 amide bonds. The fourth-order valence-corrected chi connectivity index (χ4v) is 7.17. The lowest BCUT2D eigenvalue weighted by Crippen LogP contribution is -2.32. The van der Waals surface area contributed by atoms with Crippen molar-refractivity contribution in [2.75, 3.05) is 24.7 Å². The van der Waals surface area contributed by atoms with E-state index in [1.165, 1.54) is 16.7 Å². The molecule has 1 aromatic heterocycles. The lowest BCUT2D eigenvalue weighted by Gasteiger charge is -2.30. The van der Waals surface area contributed by atoms with Crippen LogP contribution in [0.25, 0.3) is 0 Å². The number of thiazole rings is 1. The third kappa shape index (κ3) is 4.64. The van der Waals surface area contributed by atoms with Crippen molar-refractivity contribution < 1.29 is 28.6 Å². The highest BCUT2D eigenvalue weighted by molar-refractivity contribution is 8.00. The van der Waals surface area contributed by atoms with E-state index >= 15 is 0 Å². The van der Waals surface area contributed by atoms with Crippen LogP contribution in [-0.2, 0) is 19.1 Å². The Kier molecular flexibility index (Phi) is 7.07. The van der Waals surface area contributed by atoms with Gasteiger partial charge in [0.2, 0.25) is 11.8 Å². The molecule has 2 aromatic carbocycles. The van der Waals surface area contributed by atoms with E-state index in [-0.39, 0.29) is 29.9 Å². The number of aromatic amines is 1. The third-order valence-electron chi connectivity index (χ3n) is 6.12. The number of ether oxygens (including phenoxy) is 3. The molecule has 1 fully saturated rings. The van der Waals surface area contributed by atoms with Gasteiger partial charge in [-0.1, -0.05) is 47.4 Å². The van der Waals surface area contributed by atoms with Crippen LogP contribution in [0.15, 0.2) is 58.4 Å². The number of anilines is 1. The van der Waals surface area contributed by atoms with E-state index in [1.54, 1.807) is 49.4 Å². The maximum Gasteiger partial charge on any atom is 0.344 e. The summed E-state index contributed by atoms with van der Waals surface area (Å²) in [6, 6.07) is 14.0. The van der Waals surface area contributed by atoms with Crippen LogP contribution in [0.5, 0.6) is 11.5 Å². The minimum Gasteiger partial charge on any atom is -0.490 e. The lowest BCUT2D eigenvalue weighted by molar-refractivity contribution is -0.145. The van der Waals surface area contributed by atoms with Gasteiger partial charge in [-0.05, 0) is 43.7 Å². The molecule has 1 N–H and O–H groups in total. The average molecular weight is 541 g/mol. The Labute approximate surface area is 220 Å². The summed E-state index contributed by atoms with van der Waals surface area (Å²) in [7, 11) is 0. The number of rotatable bonds is 8. The van der Waals surface area contributed by atoms with Crippen LogP contribution in [-0.4, -0.2) is 47.8 Å². The van der Waals surface area contributed by atoms with E-state index in [0.717, 1.165) is 11.3 Å². The molecule has 0 radical (unpaired) electrons. The third-order valence-corrected chi connectivity index (χ3v) is 8.52. The summed E-state index contributed by atoms with van der Waals surface area (Å²) in [6.45, 7) is 3.85. The number of esters is 1. The number of thioether (sulfide) groups is 1. The molecule has 11 heteroatoms. The van der Waals surface area contributed by atoms with E-state index < -0.39 is 23.1 Å². The second-order valence-corrected chi connectivity index (χ2v) is 10.5. The number of nitrogens with zero attached hydrogens (tertiary/aromatic N) is 1. The van der Waals surface area contributed by atoms with Crippen LogP contribution < -0.4 is 19.2 Å². The first-order valence-electron chi connectivity index (χ1n) is 11.8. The van der Waals surface area contributed by atoms with Crippen LogP contribution in [0.1, 0.15) is 30.2 Å². The molecule has 2 aliphatic heterocycles. The molecule has 0 bridgehead atoms. The molecule has 0 saturated carbocycles. The van der Waals surface area contributed by atoms with Crippen molar-refractivity contribution >= 4 is 46.6 Å². The second kappa shape index (κ2) is 10.4. The van der Waals surface area contributed by atoms with Crippen molar-refractivity contribution in [1.82, 2.24) is 4.98 Å². The number of benzene rings is 2. The zero-order valence-corrected chi connectivity index (χ0v) is 21.7. The van der Waals surface area contributed by atoms with Gasteiger partial charge in [-0.3, -0.25) is 14.4 Å². The number of imide groups is 1. The Balaban J connectivity index is 1.55. The number of carbonyl (C=O) groups is 3. The first-order valence-corrected chi connectivity index (χ1v) is 13.5. The number of hydrogen-bond donors (Lipinski definition) is 1. The molecule has 1 saturated heterocycles. The highest BCUT2D eigenvalue weighted by Gasteiger charge is 2.56. The van der Waals surface area contributed by atoms with Gasteiger partial charge in [-0.2, -0.15) is 0 Å². The van der Waals surface area contributed by atoms with Gasteiger partial charge in [0.1, 0.15) is 5.25 Å². The molecular formula is C26H24N2O7S2. The zero-order valence-electron chi connectivity index (χ0n) is 20.1. The molecule has 0 spiro atoms. The summed E-state index contributed by atoms with van der Waals surface area (Å²) in [6.07, 6.45) is 0. The lowest BCUT2D eigenvalue weighted by atomic mass is 9.83. The highest BCUT2D eigenvalue weighted by Crippen LogP contribution is 2.53. The summed E-state index contributed by atoms with van der Waals surface area (Å²) >= 11 is 2.26. The number of aromatic nitrogens is 1. The van der Waals surface area contributed by atoms with E-state index in [2.05, 4.69) is 4.98 Å². The van der Waals surface area contributed by atoms with Gasteiger partial charge in [0.05, 0.1) is 29.8 Å². The number of carbonyl (C=O) groups excluding carboxylic acids is 3. The van der Waals surface area contributed by atoms with E-state index in [4.69, 9.17) is 14.2 Å². The van der Waals surface area contributed by atoms with Crippen LogP contribution in [0.4, 0.5) is 5.69 Å². The van der Waals surface area contributed by atoms with E-state index in [9.17, 15) is 19.2 Å². The Morgan fingerprint density at radius 2 is 1.76 bits per heavy atom. The van der Waals surface area contributed by atoms with Crippen LogP contribution >= 0.6 is 23.1 Å². The van der Waals surface area contributed by atoms with Gasteiger partial charge in [-0.25, -0.2) is 9.69 Å². The van der Waals surface area contributed by atoms with Crippen LogP contribution in [0, 0.1) is 5.92 Å². The monoisotopic (exact) mass is 540 g/mol. The van der Waals surface area contributed by atoms with Gasteiger partial charge in [0.25, 0.3) is 0 Å². The largest absolute Gasteiger partial charge is 0.490 e. The standard InChI is InChI=1S/C26H24N2O7S2/c1-3-33-17-12-14(10-11-16(17)35-13-18(29)34-4-2)19-20-22(36-23-21(19)37-26(32)27-23)25(31)28(24(20)30)15-8-6-5-7-9-15/h5-12,19-20,22H,3-4,13H2,1-2H3,(H,27,32). The van der Waals surface area contributed by atoms with Crippen molar-refractivity contribution in [2.24, 2.45) is 5.92 Å². The zero-order chi connectivity index (χ0) is 26.1. The minimum atomic E-state index is -0.711. The number of hydrogen-bond acceptors (Lipinski definition) is 9. The smallest absolute Gasteiger partial charge is 0.344 e. The summed E-state index contributed by atoms with van der Waals surface area (Å²) < 4.78 is 16.4. The molecule has 192 valence electrons. The summed E-state index contributed by atoms with van der Waals surface area (Å²) in [5.41, 5.74) is 1.22. The van der Waals surface area contributed by atoms with E-state index in [1.807, 2.05) is 13.0 Å². The van der Waals surface area contributed by atoms with Crippen molar-refractivity contribution in [3.63, 3.8) is 0 Å². The Hall–Kier alpha value is -3.57. The van der Waals surface area contributed by atoms with Gasteiger partial charge < -0.3 is 19.2 Å². The van der Waals surface area contributed by atoms with Crippen molar-refractivity contribution in [3.8, 4) is 11.5 Å². The Bertz CT molecular complexity index is 1400. The van der Waals surface area contributed by atoms with Gasteiger partial charge in [0.15, 0.2) is 18.1 Å². The quantitative estimate of drug-likeness (QED) is 0.341. The minimum absolute atomic E-state index is 0.246. The Morgan fingerprint density at radius 3 is 2.49 bits per heavy atom. The molecule has 9 nitrogen and oxygen atoms in total. The SMILES string of the molecule is CCOC(=O)COc1ccc(C2c3sc(=O)[nH]c3SC3C(=O)N(c4ccccc4)C(=O)C32)cc1OCC. The number of H-pyrrole nitrogens is 1. The second-order valence-electron chi connectivity index (χ2n) is 8.33.